The van der Waals surface area contributed by atoms with Crippen LogP contribution in [0.4, 0.5) is 5.82 Å². The molecule has 0 spiro atoms. The first-order chi connectivity index (χ1) is 8.78. The first-order valence-electron chi connectivity index (χ1n) is 5.85. The number of hydrogen-bond donors (Lipinski definition) is 1. The zero-order chi connectivity index (χ0) is 12.5. The molecular formula is C13H13N5. The standard InChI is InChI=1S/C13H13N5/c1-2-10-8-11(14)18-13(15-10)16-12(17-18)9-6-4-3-5-7-9/h3-8H,2,14H2,1H3. The van der Waals surface area contributed by atoms with Crippen molar-refractivity contribution in [3.8, 4) is 11.4 Å². The maximum absolute atomic E-state index is 5.94. The number of benzene rings is 1. The average Bonchev–Trinajstić information content (AvgIpc) is 2.84. The van der Waals surface area contributed by atoms with Gasteiger partial charge in [0.25, 0.3) is 5.78 Å². The van der Waals surface area contributed by atoms with Crippen LogP contribution in [0.3, 0.4) is 0 Å². The van der Waals surface area contributed by atoms with Gasteiger partial charge in [-0.15, -0.1) is 5.10 Å². The molecule has 18 heavy (non-hydrogen) atoms. The molecule has 0 unspecified atom stereocenters. The first-order valence-corrected chi connectivity index (χ1v) is 5.85. The van der Waals surface area contributed by atoms with Gasteiger partial charge in [-0.05, 0) is 6.42 Å². The number of hydrogen-bond acceptors (Lipinski definition) is 4. The molecule has 90 valence electrons. The van der Waals surface area contributed by atoms with Gasteiger partial charge in [-0.1, -0.05) is 37.3 Å². The molecule has 0 aliphatic heterocycles. The Labute approximate surface area is 104 Å². The van der Waals surface area contributed by atoms with E-state index in [0.717, 1.165) is 17.7 Å². The second-order valence-electron chi connectivity index (χ2n) is 4.04. The van der Waals surface area contributed by atoms with Crippen LogP contribution in [0.25, 0.3) is 17.2 Å². The second kappa shape index (κ2) is 4.10. The minimum absolute atomic E-state index is 0.547. The number of fused-ring (bicyclic) bond motifs is 1. The van der Waals surface area contributed by atoms with E-state index in [9.17, 15) is 0 Å². The van der Waals surface area contributed by atoms with Crippen LogP contribution in [0, 0.1) is 0 Å². The molecule has 0 atom stereocenters. The van der Waals surface area contributed by atoms with E-state index >= 15 is 0 Å². The maximum Gasteiger partial charge on any atom is 0.254 e. The van der Waals surface area contributed by atoms with Crippen molar-refractivity contribution in [2.75, 3.05) is 5.73 Å². The number of anilines is 1. The molecule has 0 fully saturated rings. The Balaban J connectivity index is 2.20. The SMILES string of the molecule is CCc1cc(N)n2nc(-c3ccccc3)nc2n1. The molecule has 0 radical (unpaired) electrons. The number of aryl methyl sites for hydroxylation is 1. The highest BCUT2D eigenvalue weighted by Gasteiger charge is 2.09. The normalized spacial score (nSPS) is 10.9. The number of nitrogens with two attached hydrogens (primary N) is 1. The van der Waals surface area contributed by atoms with Gasteiger partial charge >= 0.3 is 0 Å². The van der Waals surface area contributed by atoms with E-state index in [1.165, 1.54) is 0 Å². The van der Waals surface area contributed by atoms with Crippen molar-refractivity contribution in [2.45, 2.75) is 13.3 Å². The molecule has 0 saturated carbocycles. The lowest BCUT2D eigenvalue weighted by Crippen LogP contribution is -2.02. The van der Waals surface area contributed by atoms with Gasteiger partial charge in [0.1, 0.15) is 5.82 Å². The van der Waals surface area contributed by atoms with Crippen molar-refractivity contribution in [1.82, 2.24) is 19.6 Å². The lowest BCUT2D eigenvalue weighted by Gasteiger charge is -1.99. The Hall–Kier alpha value is -2.43. The predicted molar refractivity (Wildman–Crippen MR) is 70.0 cm³/mol. The highest BCUT2D eigenvalue weighted by molar-refractivity contribution is 5.57. The van der Waals surface area contributed by atoms with Gasteiger partial charge in [-0.2, -0.15) is 9.50 Å². The Kier molecular flexibility index (Phi) is 2.44. The van der Waals surface area contributed by atoms with Crippen molar-refractivity contribution in [2.24, 2.45) is 0 Å². The van der Waals surface area contributed by atoms with E-state index in [4.69, 9.17) is 5.73 Å². The Morgan fingerprint density at radius 3 is 2.67 bits per heavy atom. The second-order valence-corrected chi connectivity index (χ2v) is 4.04. The van der Waals surface area contributed by atoms with Crippen LogP contribution in [-0.2, 0) is 6.42 Å². The smallest absolute Gasteiger partial charge is 0.254 e. The molecule has 2 heterocycles. The van der Waals surface area contributed by atoms with Crippen LogP contribution < -0.4 is 5.73 Å². The Bertz CT molecular complexity index is 687. The Morgan fingerprint density at radius 1 is 1.17 bits per heavy atom. The topological polar surface area (TPSA) is 69.1 Å². The maximum atomic E-state index is 5.94. The zero-order valence-electron chi connectivity index (χ0n) is 10.0. The van der Waals surface area contributed by atoms with Crippen LogP contribution >= 0.6 is 0 Å². The van der Waals surface area contributed by atoms with E-state index in [-0.39, 0.29) is 0 Å². The zero-order valence-corrected chi connectivity index (χ0v) is 10.0. The molecule has 1 aromatic carbocycles. The summed E-state index contributed by atoms with van der Waals surface area (Å²) >= 11 is 0. The number of nitrogen functional groups attached to an aromatic ring is 1. The summed E-state index contributed by atoms with van der Waals surface area (Å²) in [5.41, 5.74) is 7.83. The number of nitrogens with zero attached hydrogens (tertiary/aromatic N) is 4. The Morgan fingerprint density at radius 2 is 1.94 bits per heavy atom. The van der Waals surface area contributed by atoms with Crippen LogP contribution in [0.2, 0.25) is 0 Å². The first kappa shape index (κ1) is 10.7. The number of rotatable bonds is 2. The molecule has 5 heteroatoms. The van der Waals surface area contributed by atoms with Crippen LogP contribution in [0.15, 0.2) is 36.4 Å². The van der Waals surface area contributed by atoms with Crippen LogP contribution in [0.1, 0.15) is 12.6 Å². The summed E-state index contributed by atoms with van der Waals surface area (Å²) in [6.07, 6.45) is 0.828. The monoisotopic (exact) mass is 239 g/mol. The average molecular weight is 239 g/mol. The molecule has 0 saturated heterocycles. The third-order valence-electron chi connectivity index (χ3n) is 2.79. The fourth-order valence-corrected chi connectivity index (χ4v) is 1.83. The lowest BCUT2D eigenvalue weighted by molar-refractivity contribution is 0.924. The van der Waals surface area contributed by atoms with E-state index in [0.29, 0.717) is 17.4 Å². The van der Waals surface area contributed by atoms with Gasteiger partial charge < -0.3 is 5.73 Å². The summed E-state index contributed by atoms with van der Waals surface area (Å²) in [6, 6.07) is 11.6. The number of aromatic nitrogens is 4. The molecular weight excluding hydrogens is 226 g/mol. The van der Waals surface area contributed by atoms with Crippen LogP contribution in [0.5, 0.6) is 0 Å². The van der Waals surface area contributed by atoms with Crippen molar-refractivity contribution in [1.29, 1.82) is 0 Å². The summed E-state index contributed by atoms with van der Waals surface area (Å²) in [5, 5.41) is 4.38. The fraction of sp³-hybridized carbons (Fsp3) is 0.154. The van der Waals surface area contributed by atoms with Crippen molar-refractivity contribution in [3.63, 3.8) is 0 Å². The molecule has 2 aromatic heterocycles. The highest BCUT2D eigenvalue weighted by Crippen LogP contribution is 2.17. The quantitative estimate of drug-likeness (QED) is 0.742. The van der Waals surface area contributed by atoms with E-state index in [1.807, 2.05) is 43.3 Å². The molecule has 0 aliphatic carbocycles. The van der Waals surface area contributed by atoms with Gasteiger partial charge in [-0.3, -0.25) is 0 Å². The van der Waals surface area contributed by atoms with Gasteiger partial charge in [0.05, 0.1) is 0 Å². The summed E-state index contributed by atoms with van der Waals surface area (Å²) in [5.74, 6) is 1.75. The molecule has 3 aromatic rings. The summed E-state index contributed by atoms with van der Waals surface area (Å²) in [4.78, 5) is 8.82. The van der Waals surface area contributed by atoms with Crippen molar-refractivity contribution < 1.29 is 0 Å². The predicted octanol–water partition coefficient (Wildman–Crippen LogP) is 1.94. The van der Waals surface area contributed by atoms with Crippen LogP contribution in [-0.4, -0.2) is 19.6 Å². The molecule has 3 rings (SSSR count). The lowest BCUT2D eigenvalue weighted by atomic mass is 10.2. The molecule has 0 bridgehead atoms. The fourth-order valence-electron chi connectivity index (χ4n) is 1.83. The summed E-state index contributed by atoms with van der Waals surface area (Å²) in [6.45, 7) is 2.03. The van der Waals surface area contributed by atoms with E-state index < -0.39 is 0 Å². The minimum Gasteiger partial charge on any atom is -0.383 e. The minimum atomic E-state index is 0.547. The molecule has 0 amide bonds. The van der Waals surface area contributed by atoms with Gasteiger partial charge in [0.2, 0.25) is 0 Å². The molecule has 2 N–H and O–H groups in total. The van der Waals surface area contributed by atoms with Gasteiger partial charge in [-0.25, -0.2) is 4.98 Å². The van der Waals surface area contributed by atoms with Gasteiger partial charge in [0.15, 0.2) is 5.82 Å². The summed E-state index contributed by atoms with van der Waals surface area (Å²) in [7, 11) is 0. The van der Waals surface area contributed by atoms with E-state index in [1.54, 1.807) is 4.52 Å². The third kappa shape index (κ3) is 1.69. The van der Waals surface area contributed by atoms with Crippen molar-refractivity contribution in [3.05, 3.63) is 42.1 Å². The molecule has 0 aliphatic rings. The third-order valence-corrected chi connectivity index (χ3v) is 2.79. The largest absolute Gasteiger partial charge is 0.383 e. The molecule has 5 nitrogen and oxygen atoms in total. The van der Waals surface area contributed by atoms with E-state index in [2.05, 4.69) is 15.1 Å². The summed E-state index contributed by atoms with van der Waals surface area (Å²) < 4.78 is 1.57. The van der Waals surface area contributed by atoms with Gasteiger partial charge in [0, 0.05) is 17.3 Å². The highest BCUT2D eigenvalue weighted by atomic mass is 15.4. The van der Waals surface area contributed by atoms with Crippen molar-refractivity contribution >= 4 is 11.6 Å².